The minimum Gasteiger partial charge on any atom is -0.463 e. The predicted molar refractivity (Wildman–Crippen MR) is 109 cm³/mol. The Morgan fingerprint density at radius 1 is 1.17 bits per heavy atom. The standard InChI is InChI=1S/C22H19N3O5/c1-3-18(21(26)24-20-11-13(2)30-25-20)29-22(27)15-12-17(19-9-6-10-28-19)23-16-8-5-4-7-14(15)16/h4-12,18H,3H2,1-2H3,(H,24,25,26). The molecule has 0 saturated heterocycles. The lowest BCUT2D eigenvalue weighted by molar-refractivity contribution is -0.124. The molecule has 1 amide bonds. The zero-order valence-electron chi connectivity index (χ0n) is 16.4. The van der Waals surface area contributed by atoms with Crippen molar-refractivity contribution in [2.24, 2.45) is 0 Å². The molecule has 3 aromatic heterocycles. The smallest absolute Gasteiger partial charge is 0.339 e. The molecule has 4 aromatic rings. The number of furan rings is 1. The number of carbonyl (C=O) groups excluding carboxylic acids is 2. The highest BCUT2D eigenvalue weighted by molar-refractivity contribution is 6.05. The number of hydrogen-bond donors (Lipinski definition) is 1. The maximum Gasteiger partial charge on any atom is 0.339 e. The van der Waals surface area contributed by atoms with Gasteiger partial charge in [-0.25, -0.2) is 9.78 Å². The number of fused-ring (bicyclic) bond motifs is 1. The molecule has 0 spiro atoms. The van der Waals surface area contributed by atoms with E-state index in [1.165, 1.54) is 6.26 Å². The minimum absolute atomic E-state index is 0.265. The van der Waals surface area contributed by atoms with Crippen molar-refractivity contribution >= 4 is 28.6 Å². The molecule has 0 aliphatic heterocycles. The van der Waals surface area contributed by atoms with Crippen molar-refractivity contribution in [2.75, 3.05) is 5.32 Å². The lowest BCUT2D eigenvalue weighted by Crippen LogP contribution is -2.32. The molecule has 0 fully saturated rings. The van der Waals surface area contributed by atoms with E-state index in [0.29, 0.717) is 40.1 Å². The van der Waals surface area contributed by atoms with Crippen LogP contribution in [0.3, 0.4) is 0 Å². The summed E-state index contributed by atoms with van der Waals surface area (Å²) in [6.45, 7) is 3.47. The van der Waals surface area contributed by atoms with Crippen LogP contribution in [0.2, 0.25) is 0 Å². The van der Waals surface area contributed by atoms with Gasteiger partial charge in [-0.05, 0) is 37.6 Å². The Kier molecular flexibility index (Phi) is 5.30. The highest BCUT2D eigenvalue weighted by Crippen LogP contribution is 2.26. The number of aromatic nitrogens is 2. The van der Waals surface area contributed by atoms with Crippen LogP contribution in [0.4, 0.5) is 5.82 Å². The summed E-state index contributed by atoms with van der Waals surface area (Å²) in [5, 5.41) is 6.94. The number of rotatable bonds is 6. The van der Waals surface area contributed by atoms with Gasteiger partial charge in [0, 0.05) is 11.5 Å². The van der Waals surface area contributed by atoms with Gasteiger partial charge in [0.05, 0.1) is 17.3 Å². The maximum absolute atomic E-state index is 13.0. The second-order valence-electron chi connectivity index (χ2n) is 6.66. The number of esters is 1. The molecule has 3 heterocycles. The van der Waals surface area contributed by atoms with Gasteiger partial charge in [0.25, 0.3) is 5.91 Å². The normalized spacial score (nSPS) is 11.9. The summed E-state index contributed by atoms with van der Waals surface area (Å²) in [6.07, 6.45) is 0.837. The lowest BCUT2D eigenvalue weighted by atomic mass is 10.1. The van der Waals surface area contributed by atoms with E-state index in [0.717, 1.165) is 0 Å². The summed E-state index contributed by atoms with van der Waals surface area (Å²) in [6, 6.07) is 13.9. The fourth-order valence-corrected chi connectivity index (χ4v) is 3.04. The molecule has 152 valence electrons. The topological polar surface area (TPSA) is 107 Å². The van der Waals surface area contributed by atoms with Crippen LogP contribution in [0.5, 0.6) is 0 Å². The van der Waals surface area contributed by atoms with Crippen LogP contribution in [0, 0.1) is 6.92 Å². The first kappa shape index (κ1) is 19.4. The van der Waals surface area contributed by atoms with E-state index in [4.69, 9.17) is 13.7 Å². The number of aryl methyl sites for hydroxylation is 1. The van der Waals surface area contributed by atoms with Crippen LogP contribution >= 0.6 is 0 Å². The molecule has 0 aliphatic rings. The Labute approximate surface area is 171 Å². The number of hydrogen-bond acceptors (Lipinski definition) is 7. The number of nitrogens with one attached hydrogen (secondary N) is 1. The molecule has 4 rings (SSSR count). The average molecular weight is 405 g/mol. The van der Waals surface area contributed by atoms with Crippen LogP contribution in [-0.2, 0) is 9.53 Å². The second kappa shape index (κ2) is 8.20. The fourth-order valence-electron chi connectivity index (χ4n) is 3.04. The van der Waals surface area contributed by atoms with Crippen molar-refractivity contribution < 1.29 is 23.3 Å². The predicted octanol–water partition coefficient (Wildman–Crippen LogP) is 4.37. The van der Waals surface area contributed by atoms with Crippen molar-refractivity contribution in [1.29, 1.82) is 0 Å². The number of nitrogens with zero attached hydrogens (tertiary/aromatic N) is 2. The molecule has 8 nitrogen and oxygen atoms in total. The number of carbonyl (C=O) groups is 2. The van der Waals surface area contributed by atoms with Gasteiger partial charge >= 0.3 is 5.97 Å². The van der Waals surface area contributed by atoms with E-state index in [-0.39, 0.29) is 5.82 Å². The first-order chi connectivity index (χ1) is 14.5. The van der Waals surface area contributed by atoms with Gasteiger partial charge in [0.1, 0.15) is 11.5 Å². The second-order valence-corrected chi connectivity index (χ2v) is 6.66. The van der Waals surface area contributed by atoms with E-state index < -0.39 is 18.0 Å². The zero-order valence-corrected chi connectivity index (χ0v) is 16.4. The number of para-hydroxylation sites is 1. The largest absolute Gasteiger partial charge is 0.463 e. The van der Waals surface area contributed by atoms with Gasteiger partial charge in [0.15, 0.2) is 17.7 Å². The van der Waals surface area contributed by atoms with Crippen LogP contribution in [0.15, 0.2) is 63.7 Å². The van der Waals surface area contributed by atoms with Gasteiger partial charge in [-0.15, -0.1) is 0 Å². The summed E-state index contributed by atoms with van der Waals surface area (Å²) < 4.78 is 15.9. The molecule has 1 N–H and O–H groups in total. The van der Waals surface area contributed by atoms with Crippen LogP contribution < -0.4 is 5.32 Å². The van der Waals surface area contributed by atoms with Gasteiger partial charge in [-0.3, -0.25) is 4.79 Å². The summed E-state index contributed by atoms with van der Waals surface area (Å²) in [5.41, 5.74) is 1.42. The number of pyridine rings is 1. The third-order valence-electron chi connectivity index (χ3n) is 4.50. The highest BCUT2D eigenvalue weighted by atomic mass is 16.5. The van der Waals surface area contributed by atoms with Crippen molar-refractivity contribution in [3.05, 3.63) is 66.1 Å². The van der Waals surface area contributed by atoms with Gasteiger partial charge in [-0.1, -0.05) is 30.3 Å². The first-order valence-corrected chi connectivity index (χ1v) is 9.44. The third kappa shape index (κ3) is 3.93. The number of amides is 1. The molecule has 1 atom stereocenters. The Morgan fingerprint density at radius 3 is 2.70 bits per heavy atom. The quantitative estimate of drug-likeness (QED) is 0.475. The molecule has 1 unspecified atom stereocenters. The molecule has 0 bridgehead atoms. The minimum atomic E-state index is -0.992. The highest BCUT2D eigenvalue weighted by Gasteiger charge is 2.25. The Balaban J connectivity index is 1.62. The van der Waals surface area contributed by atoms with Crippen molar-refractivity contribution in [2.45, 2.75) is 26.4 Å². The molecule has 0 aliphatic carbocycles. The van der Waals surface area contributed by atoms with Crippen molar-refractivity contribution in [1.82, 2.24) is 10.1 Å². The summed E-state index contributed by atoms with van der Waals surface area (Å²) in [4.78, 5) is 30.1. The molecule has 8 heteroatoms. The van der Waals surface area contributed by atoms with Gasteiger partial charge < -0.3 is 19.0 Å². The fraction of sp³-hybridized carbons (Fsp3) is 0.182. The van der Waals surface area contributed by atoms with E-state index in [1.54, 1.807) is 50.2 Å². The summed E-state index contributed by atoms with van der Waals surface area (Å²) in [7, 11) is 0. The van der Waals surface area contributed by atoms with E-state index in [1.807, 2.05) is 12.1 Å². The van der Waals surface area contributed by atoms with E-state index in [2.05, 4.69) is 15.5 Å². The summed E-state index contributed by atoms with van der Waals surface area (Å²) in [5.74, 6) is 0.245. The Morgan fingerprint density at radius 2 is 2.00 bits per heavy atom. The van der Waals surface area contributed by atoms with Crippen molar-refractivity contribution in [3.8, 4) is 11.5 Å². The van der Waals surface area contributed by atoms with Gasteiger partial charge in [-0.2, -0.15) is 0 Å². The number of anilines is 1. The van der Waals surface area contributed by atoms with Crippen molar-refractivity contribution in [3.63, 3.8) is 0 Å². The SMILES string of the molecule is CCC(OC(=O)c1cc(-c2ccco2)nc2ccccc12)C(=O)Nc1cc(C)on1. The Hall–Kier alpha value is -3.94. The zero-order chi connectivity index (χ0) is 21.1. The summed E-state index contributed by atoms with van der Waals surface area (Å²) >= 11 is 0. The lowest BCUT2D eigenvalue weighted by Gasteiger charge is -2.16. The monoisotopic (exact) mass is 405 g/mol. The van der Waals surface area contributed by atoms with E-state index in [9.17, 15) is 9.59 Å². The molecule has 1 aromatic carbocycles. The number of ether oxygens (including phenoxy) is 1. The molecular formula is C22H19N3O5. The van der Waals surface area contributed by atoms with E-state index >= 15 is 0 Å². The van der Waals surface area contributed by atoms with Gasteiger partial charge in [0.2, 0.25) is 0 Å². The Bertz CT molecular complexity index is 1200. The molecule has 30 heavy (non-hydrogen) atoms. The van der Waals surface area contributed by atoms with Crippen LogP contribution in [-0.4, -0.2) is 28.1 Å². The van der Waals surface area contributed by atoms with Crippen LogP contribution in [0.1, 0.15) is 29.5 Å². The molecular weight excluding hydrogens is 386 g/mol. The molecule has 0 saturated carbocycles. The maximum atomic E-state index is 13.0. The molecule has 0 radical (unpaired) electrons. The first-order valence-electron chi connectivity index (χ1n) is 9.44. The average Bonchev–Trinajstić information content (AvgIpc) is 3.43. The third-order valence-corrected chi connectivity index (χ3v) is 4.50. The number of benzene rings is 1. The van der Waals surface area contributed by atoms with Crippen LogP contribution in [0.25, 0.3) is 22.4 Å².